The van der Waals surface area contributed by atoms with E-state index in [2.05, 4.69) is 5.32 Å². The van der Waals surface area contributed by atoms with Crippen LogP contribution in [-0.4, -0.2) is 50.9 Å². The Bertz CT molecular complexity index is 1510. The average Bonchev–Trinajstić information content (AvgIpc) is 3.01. The number of amides is 2. The minimum atomic E-state index is -4.17. The van der Waals surface area contributed by atoms with Crippen molar-refractivity contribution in [2.75, 3.05) is 18.0 Å². The Morgan fingerprint density at radius 2 is 1.70 bits per heavy atom. The predicted octanol–water partition coefficient (Wildman–Crippen LogP) is 6.11. The highest BCUT2D eigenvalue weighted by atomic mass is 35.5. The summed E-state index contributed by atoms with van der Waals surface area (Å²) >= 11 is 6.04. The van der Waals surface area contributed by atoms with E-state index in [1.807, 2.05) is 31.2 Å². The first-order valence-electron chi connectivity index (χ1n) is 14.7. The molecule has 0 aliphatic heterocycles. The molecule has 8 nitrogen and oxygen atoms in total. The number of aryl methyl sites for hydroxylation is 1. The second-order valence-corrected chi connectivity index (χ2v) is 13.2. The maximum atomic E-state index is 14.3. The van der Waals surface area contributed by atoms with Crippen LogP contribution in [0.1, 0.15) is 56.6 Å². The standard InChI is InChI=1S/C33H40ClN3O5S/c1-4-30(33(39)35-27-13-6-5-7-14-27)36(22-25-12-10-15-28(21-25)42-3)32(38)23-37(31-16-9-8-11-24(31)2)43(40,41)29-19-17-26(34)18-20-29/h8-12,15-21,27,30H,4-7,13-14,22-23H2,1-3H3,(H,35,39)/t30-/m1/s1. The van der Waals surface area contributed by atoms with Crippen LogP contribution >= 0.6 is 11.6 Å². The van der Waals surface area contributed by atoms with Gasteiger partial charge >= 0.3 is 0 Å². The van der Waals surface area contributed by atoms with Gasteiger partial charge in [-0.25, -0.2) is 8.42 Å². The summed E-state index contributed by atoms with van der Waals surface area (Å²) in [7, 11) is -2.61. The average molecular weight is 626 g/mol. The molecule has 230 valence electrons. The zero-order valence-corrected chi connectivity index (χ0v) is 26.5. The normalized spacial score (nSPS) is 14.5. The van der Waals surface area contributed by atoms with Gasteiger partial charge in [0.2, 0.25) is 11.8 Å². The molecule has 10 heteroatoms. The van der Waals surface area contributed by atoms with Crippen molar-refractivity contribution in [3.05, 3.63) is 88.9 Å². The molecular weight excluding hydrogens is 586 g/mol. The summed E-state index contributed by atoms with van der Waals surface area (Å²) in [6.45, 7) is 3.27. The van der Waals surface area contributed by atoms with Gasteiger partial charge in [-0.15, -0.1) is 0 Å². The van der Waals surface area contributed by atoms with Crippen molar-refractivity contribution >= 4 is 39.1 Å². The van der Waals surface area contributed by atoms with Crippen molar-refractivity contribution in [2.24, 2.45) is 0 Å². The van der Waals surface area contributed by atoms with Gasteiger partial charge in [-0.2, -0.15) is 0 Å². The summed E-state index contributed by atoms with van der Waals surface area (Å²) in [5.74, 6) is -0.0978. The first kappa shape index (κ1) is 32.4. The predicted molar refractivity (Wildman–Crippen MR) is 170 cm³/mol. The zero-order valence-electron chi connectivity index (χ0n) is 25.0. The van der Waals surface area contributed by atoms with Gasteiger partial charge in [-0.1, -0.05) is 68.1 Å². The molecule has 43 heavy (non-hydrogen) atoms. The molecule has 0 aromatic heterocycles. The number of hydrogen-bond donors (Lipinski definition) is 1. The van der Waals surface area contributed by atoms with E-state index in [0.29, 0.717) is 28.4 Å². The van der Waals surface area contributed by atoms with Gasteiger partial charge in [-0.05, 0) is 79.8 Å². The number of methoxy groups -OCH3 is 1. The second kappa shape index (κ2) is 14.8. The molecule has 0 bridgehead atoms. The van der Waals surface area contributed by atoms with Gasteiger partial charge in [0.25, 0.3) is 10.0 Å². The number of sulfonamides is 1. The van der Waals surface area contributed by atoms with Gasteiger partial charge in [0, 0.05) is 17.6 Å². The lowest BCUT2D eigenvalue weighted by Gasteiger charge is -2.34. The summed E-state index contributed by atoms with van der Waals surface area (Å²) in [4.78, 5) is 29.5. The maximum absolute atomic E-state index is 14.3. The highest BCUT2D eigenvalue weighted by Gasteiger charge is 2.35. The van der Waals surface area contributed by atoms with Crippen molar-refractivity contribution < 1.29 is 22.7 Å². The molecule has 1 fully saturated rings. The van der Waals surface area contributed by atoms with E-state index in [-0.39, 0.29) is 23.4 Å². The Hall–Kier alpha value is -3.56. The minimum Gasteiger partial charge on any atom is -0.497 e. The molecule has 3 aromatic carbocycles. The van der Waals surface area contributed by atoms with Crippen molar-refractivity contribution in [1.82, 2.24) is 10.2 Å². The Labute approximate surface area is 260 Å². The quantitative estimate of drug-likeness (QED) is 0.262. The molecule has 1 N–H and O–H groups in total. The van der Waals surface area contributed by atoms with Crippen LogP contribution < -0.4 is 14.4 Å². The molecule has 0 heterocycles. The number of nitrogens with zero attached hydrogens (tertiary/aromatic N) is 2. The van der Waals surface area contributed by atoms with E-state index >= 15 is 0 Å². The summed E-state index contributed by atoms with van der Waals surface area (Å²) in [6, 6.07) is 19.5. The first-order valence-corrected chi connectivity index (χ1v) is 16.5. The van der Waals surface area contributed by atoms with Gasteiger partial charge in [0.1, 0.15) is 18.3 Å². The fourth-order valence-corrected chi connectivity index (χ4v) is 7.13. The monoisotopic (exact) mass is 625 g/mol. The summed E-state index contributed by atoms with van der Waals surface area (Å²) in [5, 5.41) is 3.57. The van der Waals surface area contributed by atoms with E-state index < -0.39 is 28.5 Å². The van der Waals surface area contributed by atoms with E-state index in [4.69, 9.17) is 16.3 Å². The number of anilines is 1. The molecule has 1 saturated carbocycles. The van der Waals surface area contributed by atoms with Crippen molar-refractivity contribution in [3.8, 4) is 5.75 Å². The lowest BCUT2D eigenvalue weighted by molar-refractivity contribution is -0.140. The molecule has 0 spiro atoms. The Morgan fingerprint density at radius 3 is 2.35 bits per heavy atom. The number of rotatable bonds is 12. The number of ether oxygens (including phenoxy) is 1. The number of halogens is 1. The van der Waals surface area contributed by atoms with Crippen molar-refractivity contribution in [3.63, 3.8) is 0 Å². The van der Waals surface area contributed by atoms with Crippen LogP contribution in [-0.2, 0) is 26.2 Å². The van der Waals surface area contributed by atoms with E-state index in [0.717, 1.165) is 42.0 Å². The van der Waals surface area contributed by atoms with Crippen LogP contribution in [0.3, 0.4) is 0 Å². The van der Waals surface area contributed by atoms with Crippen LogP contribution in [0.4, 0.5) is 5.69 Å². The van der Waals surface area contributed by atoms with E-state index in [1.165, 1.54) is 29.2 Å². The highest BCUT2D eigenvalue weighted by Crippen LogP contribution is 2.28. The Kier molecular flexibility index (Phi) is 11.1. The summed E-state index contributed by atoms with van der Waals surface area (Å²) in [5.41, 5.74) is 1.83. The maximum Gasteiger partial charge on any atom is 0.264 e. The van der Waals surface area contributed by atoms with E-state index in [1.54, 1.807) is 38.3 Å². The van der Waals surface area contributed by atoms with Gasteiger partial charge in [0.15, 0.2) is 0 Å². The first-order chi connectivity index (χ1) is 20.6. The van der Waals surface area contributed by atoms with Crippen LogP contribution in [0.15, 0.2) is 77.7 Å². The summed E-state index contributed by atoms with van der Waals surface area (Å²) < 4.78 is 34.6. The van der Waals surface area contributed by atoms with Crippen LogP contribution in [0, 0.1) is 6.92 Å². The Morgan fingerprint density at radius 1 is 1.00 bits per heavy atom. The third-order valence-electron chi connectivity index (χ3n) is 7.89. The van der Waals surface area contributed by atoms with E-state index in [9.17, 15) is 18.0 Å². The zero-order chi connectivity index (χ0) is 31.0. The molecule has 4 rings (SSSR count). The second-order valence-electron chi connectivity index (χ2n) is 10.9. The molecule has 1 aliphatic rings. The number of benzene rings is 3. The Balaban J connectivity index is 1.72. The number of nitrogens with one attached hydrogen (secondary N) is 1. The van der Waals surface area contributed by atoms with Gasteiger partial charge in [0.05, 0.1) is 17.7 Å². The third kappa shape index (κ3) is 8.09. The summed E-state index contributed by atoms with van der Waals surface area (Å²) in [6.07, 6.45) is 5.45. The van der Waals surface area contributed by atoms with Crippen LogP contribution in [0.25, 0.3) is 0 Å². The van der Waals surface area contributed by atoms with Crippen LogP contribution in [0.5, 0.6) is 5.75 Å². The van der Waals surface area contributed by atoms with Crippen LogP contribution in [0.2, 0.25) is 5.02 Å². The largest absolute Gasteiger partial charge is 0.497 e. The third-order valence-corrected chi connectivity index (χ3v) is 9.92. The number of carbonyl (C=O) groups is 2. The number of carbonyl (C=O) groups excluding carboxylic acids is 2. The molecule has 0 radical (unpaired) electrons. The molecule has 3 aromatic rings. The smallest absolute Gasteiger partial charge is 0.264 e. The van der Waals surface area contributed by atoms with Gasteiger partial charge in [-0.3, -0.25) is 13.9 Å². The molecule has 1 atom stereocenters. The SMILES string of the molecule is CC[C@H](C(=O)NC1CCCCC1)N(Cc1cccc(OC)c1)C(=O)CN(c1ccccc1C)S(=O)(=O)c1ccc(Cl)cc1. The highest BCUT2D eigenvalue weighted by molar-refractivity contribution is 7.92. The lowest BCUT2D eigenvalue weighted by atomic mass is 9.95. The minimum absolute atomic E-state index is 0.00869. The topological polar surface area (TPSA) is 96.0 Å². The lowest BCUT2D eigenvalue weighted by Crippen LogP contribution is -2.54. The van der Waals surface area contributed by atoms with Gasteiger partial charge < -0.3 is 15.0 Å². The molecule has 2 amide bonds. The molecule has 1 aliphatic carbocycles. The van der Waals surface area contributed by atoms with Crippen molar-refractivity contribution in [2.45, 2.75) is 75.9 Å². The number of para-hydroxylation sites is 1. The fourth-order valence-electron chi connectivity index (χ4n) is 5.52. The molecular formula is C33H40ClN3O5S. The van der Waals surface area contributed by atoms with Crippen molar-refractivity contribution in [1.29, 1.82) is 0 Å². The molecule has 0 saturated heterocycles. The molecule has 0 unspecified atom stereocenters. The number of hydrogen-bond acceptors (Lipinski definition) is 5. The fraction of sp³-hybridized carbons (Fsp3) is 0.394.